The van der Waals surface area contributed by atoms with Gasteiger partial charge in [0.2, 0.25) is 0 Å². The number of hydrogen-bond donors (Lipinski definition) is 1. The van der Waals surface area contributed by atoms with E-state index in [0.29, 0.717) is 0 Å². The molecule has 0 spiro atoms. The molecule has 2 aliphatic rings. The largest absolute Gasteiger partial charge is 0.347 e. The molecule has 1 saturated carbocycles. The van der Waals surface area contributed by atoms with Gasteiger partial charge < -0.3 is 4.90 Å². The fourth-order valence-corrected chi connectivity index (χ4v) is 3.15. The number of rotatable bonds is 1. The van der Waals surface area contributed by atoms with Gasteiger partial charge in [0.15, 0.2) is 0 Å². The highest BCUT2D eigenvalue weighted by atomic mass is 15.2. The van der Waals surface area contributed by atoms with Crippen molar-refractivity contribution in [1.29, 1.82) is 5.41 Å². The molecule has 2 nitrogen and oxygen atoms in total. The van der Waals surface area contributed by atoms with Gasteiger partial charge in [-0.2, -0.15) is 0 Å². The van der Waals surface area contributed by atoms with Crippen LogP contribution in [0.5, 0.6) is 0 Å². The van der Waals surface area contributed by atoms with E-state index < -0.39 is 0 Å². The fourth-order valence-electron chi connectivity index (χ4n) is 3.15. The molecule has 16 heavy (non-hydrogen) atoms. The number of amidine groups is 1. The van der Waals surface area contributed by atoms with Gasteiger partial charge in [-0.3, -0.25) is 5.41 Å². The second kappa shape index (κ2) is 3.34. The SMILES string of the molecule is CC1(N2Cc3ccccc3C2=N)CCCC1. The van der Waals surface area contributed by atoms with Gasteiger partial charge in [-0.15, -0.1) is 0 Å². The molecule has 1 aromatic rings. The van der Waals surface area contributed by atoms with Gasteiger partial charge in [0, 0.05) is 17.6 Å². The van der Waals surface area contributed by atoms with E-state index in [1.807, 2.05) is 6.07 Å². The third-order valence-corrected chi connectivity index (χ3v) is 4.20. The number of nitrogens with zero attached hydrogens (tertiary/aromatic N) is 1. The molecular weight excluding hydrogens is 196 g/mol. The number of fused-ring (bicyclic) bond motifs is 1. The van der Waals surface area contributed by atoms with E-state index in [1.165, 1.54) is 31.2 Å². The lowest BCUT2D eigenvalue weighted by Crippen LogP contribution is -2.44. The van der Waals surface area contributed by atoms with Gasteiger partial charge >= 0.3 is 0 Å². The van der Waals surface area contributed by atoms with Crippen LogP contribution < -0.4 is 0 Å². The number of hydrogen-bond acceptors (Lipinski definition) is 1. The minimum Gasteiger partial charge on any atom is -0.347 e. The molecule has 0 radical (unpaired) electrons. The molecule has 0 saturated heterocycles. The summed E-state index contributed by atoms with van der Waals surface area (Å²) in [6.07, 6.45) is 5.11. The lowest BCUT2D eigenvalue weighted by atomic mass is 9.98. The fraction of sp³-hybridized carbons (Fsp3) is 0.500. The van der Waals surface area contributed by atoms with Crippen LogP contribution in [-0.2, 0) is 6.54 Å². The van der Waals surface area contributed by atoms with Crippen LogP contribution in [-0.4, -0.2) is 16.3 Å². The maximum absolute atomic E-state index is 8.30. The van der Waals surface area contributed by atoms with Crippen LogP contribution in [0.4, 0.5) is 0 Å². The molecule has 1 N–H and O–H groups in total. The van der Waals surface area contributed by atoms with Gasteiger partial charge in [0.25, 0.3) is 0 Å². The number of nitrogens with one attached hydrogen (secondary N) is 1. The molecule has 2 heteroatoms. The number of benzene rings is 1. The van der Waals surface area contributed by atoms with Crippen LogP contribution in [0.3, 0.4) is 0 Å². The highest BCUT2D eigenvalue weighted by Crippen LogP contribution is 2.39. The molecule has 0 aromatic heterocycles. The molecule has 1 aliphatic heterocycles. The maximum atomic E-state index is 8.30. The lowest BCUT2D eigenvalue weighted by Gasteiger charge is -2.36. The zero-order valence-electron chi connectivity index (χ0n) is 9.79. The summed E-state index contributed by atoms with van der Waals surface area (Å²) in [6.45, 7) is 3.26. The summed E-state index contributed by atoms with van der Waals surface area (Å²) in [4.78, 5) is 2.31. The third kappa shape index (κ3) is 1.29. The maximum Gasteiger partial charge on any atom is 0.129 e. The van der Waals surface area contributed by atoms with Crippen LogP contribution in [0.25, 0.3) is 0 Å². The average molecular weight is 214 g/mol. The lowest BCUT2D eigenvalue weighted by molar-refractivity contribution is 0.199. The third-order valence-electron chi connectivity index (χ3n) is 4.20. The van der Waals surface area contributed by atoms with Gasteiger partial charge in [-0.25, -0.2) is 0 Å². The summed E-state index contributed by atoms with van der Waals surface area (Å²) in [5.74, 6) is 0.736. The first-order valence-corrected chi connectivity index (χ1v) is 6.15. The van der Waals surface area contributed by atoms with Crippen molar-refractivity contribution >= 4 is 5.84 Å². The van der Waals surface area contributed by atoms with Crippen LogP contribution in [0, 0.1) is 5.41 Å². The standard InChI is InChI=1S/C14H18N2/c1-14(8-4-5-9-14)16-10-11-6-2-3-7-12(11)13(16)15/h2-3,6-7,15H,4-5,8-10H2,1H3. The van der Waals surface area contributed by atoms with Gasteiger partial charge in [0.1, 0.15) is 5.84 Å². The van der Waals surface area contributed by atoms with E-state index in [-0.39, 0.29) is 5.54 Å². The predicted octanol–water partition coefficient (Wildman–Crippen LogP) is 3.16. The van der Waals surface area contributed by atoms with E-state index in [0.717, 1.165) is 17.9 Å². The quantitative estimate of drug-likeness (QED) is 0.764. The first-order valence-electron chi connectivity index (χ1n) is 6.15. The second-order valence-electron chi connectivity index (χ2n) is 5.30. The highest BCUT2D eigenvalue weighted by molar-refractivity contribution is 6.00. The van der Waals surface area contributed by atoms with Gasteiger partial charge in [0.05, 0.1) is 0 Å². The predicted molar refractivity (Wildman–Crippen MR) is 65.7 cm³/mol. The molecule has 84 valence electrons. The Bertz CT molecular complexity index is 430. The smallest absolute Gasteiger partial charge is 0.129 e. The van der Waals surface area contributed by atoms with E-state index >= 15 is 0 Å². The van der Waals surface area contributed by atoms with Crippen LogP contribution >= 0.6 is 0 Å². The summed E-state index contributed by atoms with van der Waals surface area (Å²) in [6, 6.07) is 8.35. The Hall–Kier alpha value is -1.31. The van der Waals surface area contributed by atoms with Crippen molar-refractivity contribution in [3.63, 3.8) is 0 Å². The molecule has 0 unspecified atom stereocenters. The normalized spacial score (nSPS) is 22.6. The molecule has 3 rings (SSSR count). The van der Waals surface area contributed by atoms with Crippen LogP contribution in [0.15, 0.2) is 24.3 Å². The van der Waals surface area contributed by atoms with Crippen molar-refractivity contribution in [2.75, 3.05) is 0 Å². The van der Waals surface area contributed by atoms with E-state index in [1.54, 1.807) is 0 Å². The van der Waals surface area contributed by atoms with Crippen molar-refractivity contribution in [1.82, 2.24) is 4.90 Å². The molecule has 0 atom stereocenters. The zero-order valence-corrected chi connectivity index (χ0v) is 9.79. The van der Waals surface area contributed by atoms with Crippen molar-refractivity contribution in [3.8, 4) is 0 Å². The second-order valence-corrected chi connectivity index (χ2v) is 5.30. The molecule has 1 fully saturated rings. The van der Waals surface area contributed by atoms with Crippen LogP contribution in [0.1, 0.15) is 43.7 Å². The molecule has 0 bridgehead atoms. The Morgan fingerprint density at radius 2 is 1.88 bits per heavy atom. The van der Waals surface area contributed by atoms with Crippen LogP contribution in [0.2, 0.25) is 0 Å². The molecular formula is C14H18N2. The summed E-state index contributed by atoms with van der Waals surface area (Å²) in [5.41, 5.74) is 2.69. The first kappa shape index (κ1) is 9.88. The summed E-state index contributed by atoms with van der Waals surface area (Å²) >= 11 is 0. The molecule has 1 aromatic carbocycles. The minimum atomic E-state index is 0.232. The van der Waals surface area contributed by atoms with Crippen molar-refractivity contribution in [2.45, 2.75) is 44.7 Å². The Kier molecular flexibility index (Phi) is 2.06. The first-order chi connectivity index (χ1) is 7.71. The Morgan fingerprint density at radius 3 is 2.56 bits per heavy atom. The Labute approximate surface area is 96.8 Å². The van der Waals surface area contributed by atoms with Crippen molar-refractivity contribution < 1.29 is 0 Å². The van der Waals surface area contributed by atoms with Crippen molar-refractivity contribution in [2.24, 2.45) is 0 Å². The van der Waals surface area contributed by atoms with Gasteiger partial charge in [-0.1, -0.05) is 37.1 Å². The topological polar surface area (TPSA) is 27.1 Å². The molecule has 1 heterocycles. The monoisotopic (exact) mass is 214 g/mol. The van der Waals surface area contributed by atoms with Gasteiger partial charge in [-0.05, 0) is 25.3 Å². The zero-order chi connectivity index (χ0) is 11.2. The summed E-state index contributed by atoms with van der Waals surface area (Å²) in [5, 5.41) is 8.30. The van der Waals surface area contributed by atoms with E-state index in [4.69, 9.17) is 5.41 Å². The van der Waals surface area contributed by atoms with E-state index in [2.05, 4.69) is 30.0 Å². The minimum absolute atomic E-state index is 0.232. The summed E-state index contributed by atoms with van der Waals surface area (Å²) < 4.78 is 0. The Balaban J connectivity index is 1.95. The van der Waals surface area contributed by atoms with E-state index in [9.17, 15) is 0 Å². The van der Waals surface area contributed by atoms with Crippen molar-refractivity contribution in [3.05, 3.63) is 35.4 Å². The molecule has 0 amide bonds. The Morgan fingerprint density at radius 1 is 1.19 bits per heavy atom. The summed E-state index contributed by atoms with van der Waals surface area (Å²) in [7, 11) is 0. The molecule has 1 aliphatic carbocycles. The average Bonchev–Trinajstić information content (AvgIpc) is 2.86. The highest BCUT2D eigenvalue weighted by Gasteiger charge is 2.40.